The molecule has 0 spiro atoms. The molecule has 2 N–H and O–H groups in total. The fourth-order valence-electron chi connectivity index (χ4n) is 1.09. The Labute approximate surface area is 57.7 Å². The molecule has 2 unspecified atom stereocenters. The zero-order valence-corrected chi connectivity index (χ0v) is 5.28. The van der Waals surface area contributed by atoms with Crippen LogP contribution < -0.4 is 0 Å². The highest BCUT2D eigenvalue weighted by atomic mass is 16.8. The van der Waals surface area contributed by atoms with Crippen LogP contribution in [0.2, 0.25) is 0 Å². The predicted molar refractivity (Wildman–Crippen MR) is 30.9 cm³/mol. The largest absolute Gasteiger partial charge is 0.459 e. The Bertz CT molecular complexity index is 188. The van der Waals surface area contributed by atoms with Gasteiger partial charge in [-0.1, -0.05) is 0 Å². The topological polar surface area (TPSA) is 62.2 Å². The average molecular weight is 144 g/mol. The number of hydrogen-bond donors (Lipinski definition) is 2. The number of epoxide rings is 1. The Balaban J connectivity index is 2.07. The molecular formula is C6H8O4. The summed E-state index contributed by atoms with van der Waals surface area (Å²) in [6.45, 7) is -0.278. The maximum absolute atomic E-state index is 8.72. The van der Waals surface area contributed by atoms with Crippen molar-refractivity contribution in [3.05, 3.63) is 11.8 Å². The van der Waals surface area contributed by atoms with Gasteiger partial charge in [0.2, 0.25) is 0 Å². The molecule has 0 radical (unpaired) electrons. The third-order valence-electron chi connectivity index (χ3n) is 1.72. The van der Waals surface area contributed by atoms with Gasteiger partial charge in [-0.3, -0.25) is 0 Å². The van der Waals surface area contributed by atoms with Gasteiger partial charge in [-0.2, -0.15) is 0 Å². The van der Waals surface area contributed by atoms with Gasteiger partial charge in [-0.05, 0) is 6.08 Å². The second kappa shape index (κ2) is 1.72. The summed E-state index contributed by atoms with van der Waals surface area (Å²) >= 11 is 0. The van der Waals surface area contributed by atoms with Crippen LogP contribution in [0.1, 0.15) is 0 Å². The first kappa shape index (κ1) is 6.15. The molecule has 0 aromatic rings. The van der Waals surface area contributed by atoms with Crippen molar-refractivity contribution in [3.8, 4) is 0 Å². The van der Waals surface area contributed by atoms with Gasteiger partial charge in [-0.15, -0.1) is 0 Å². The van der Waals surface area contributed by atoms with Gasteiger partial charge in [0, 0.05) is 0 Å². The first-order valence-corrected chi connectivity index (χ1v) is 3.10. The van der Waals surface area contributed by atoms with Gasteiger partial charge >= 0.3 is 0 Å². The van der Waals surface area contributed by atoms with Crippen molar-refractivity contribution in [1.29, 1.82) is 0 Å². The molecule has 0 aromatic carbocycles. The summed E-state index contributed by atoms with van der Waals surface area (Å²) in [5.41, 5.74) is 0. The van der Waals surface area contributed by atoms with Gasteiger partial charge in [0.1, 0.15) is 19.0 Å². The van der Waals surface area contributed by atoms with Crippen molar-refractivity contribution in [2.24, 2.45) is 0 Å². The van der Waals surface area contributed by atoms with Gasteiger partial charge in [0.05, 0.1) is 0 Å². The van der Waals surface area contributed by atoms with E-state index in [0.29, 0.717) is 5.76 Å². The summed E-state index contributed by atoms with van der Waals surface area (Å²) in [4.78, 5) is 0. The minimum absolute atomic E-state index is 0.123. The van der Waals surface area contributed by atoms with E-state index in [1.807, 2.05) is 0 Å². The van der Waals surface area contributed by atoms with Crippen LogP contribution in [0.5, 0.6) is 0 Å². The van der Waals surface area contributed by atoms with E-state index in [0.717, 1.165) is 0 Å². The fraction of sp³-hybridized carbons (Fsp3) is 0.667. The predicted octanol–water partition coefficient (Wildman–Crippen LogP) is -1.02. The SMILES string of the molecule is OCC1=CC2OC2(CO)O1. The monoisotopic (exact) mass is 144 g/mol. The van der Waals surface area contributed by atoms with E-state index < -0.39 is 5.79 Å². The highest BCUT2D eigenvalue weighted by Gasteiger charge is 2.62. The molecule has 2 aliphatic rings. The Morgan fingerprint density at radius 3 is 2.80 bits per heavy atom. The van der Waals surface area contributed by atoms with E-state index in [1.165, 1.54) is 0 Å². The number of ether oxygens (including phenoxy) is 2. The van der Waals surface area contributed by atoms with Gasteiger partial charge < -0.3 is 19.7 Å². The molecule has 2 atom stereocenters. The Kier molecular flexibility index (Phi) is 1.06. The quantitative estimate of drug-likeness (QED) is 0.487. The smallest absolute Gasteiger partial charge is 0.264 e. The molecule has 10 heavy (non-hydrogen) atoms. The summed E-state index contributed by atoms with van der Waals surface area (Å²) < 4.78 is 10.0. The third kappa shape index (κ3) is 0.608. The van der Waals surface area contributed by atoms with Crippen LogP contribution in [0, 0.1) is 0 Å². The minimum atomic E-state index is -0.821. The summed E-state index contributed by atoms with van der Waals surface area (Å²) in [5, 5.41) is 17.3. The summed E-state index contributed by atoms with van der Waals surface area (Å²) in [6, 6.07) is 0. The lowest BCUT2D eigenvalue weighted by molar-refractivity contribution is -0.0459. The average Bonchev–Trinajstić information content (AvgIpc) is 2.55. The minimum Gasteiger partial charge on any atom is -0.459 e. The molecule has 0 aliphatic carbocycles. The molecule has 2 aliphatic heterocycles. The third-order valence-corrected chi connectivity index (χ3v) is 1.72. The van der Waals surface area contributed by atoms with Gasteiger partial charge in [-0.25, -0.2) is 0 Å². The van der Waals surface area contributed by atoms with Crippen LogP contribution in [-0.4, -0.2) is 35.3 Å². The molecule has 0 amide bonds. The van der Waals surface area contributed by atoms with E-state index >= 15 is 0 Å². The molecule has 4 nitrogen and oxygen atoms in total. The Morgan fingerprint density at radius 1 is 1.60 bits per heavy atom. The van der Waals surface area contributed by atoms with E-state index in [2.05, 4.69) is 0 Å². The van der Waals surface area contributed by atoms with Crippen molar-refractivity contribution >= 4 is 0 Å². The lowest BCUT2D eigenvalue weighted by Gasteiger charge is -2.08. The van der Waals surface area contributed by atoms with Gasteiger partial charge in [0.25, 0.3) is 5.79 Å². The first-order valence-electron chi connectivity index (χ1n) is 3.10. The normalized spacial score (nSPS) is 42.2. The molecule has 56 valence electrons. The van der Waals surface area contributed by atoms with Crippen molar-refractivity contribution in [1.82, 2.24) is 0 Å². The summed E-state index contributed by atoms with van der Waals surface area (Å²) in [6.07, 6.45) is 1.54. The van der Waals surface area contributed by atoms with E-state index in [9.17, 15) is 0 Å². The number of aliphatic hydroxyl groups is 2. The van der Waals surface area contributed by atoms with Gasteiger partial charge in [0.15, 0.2) is 6.10 Å². The van der Waals surface area contributed by atoms with Crippen LogP contribution in [0.3, 0.4) is 0 Å². The van der Waals surface area contributed by atoms with Crippen LogP contribution in [0.15, 0.2) is 11.8 Å². The van der Waals surface area contributed by atoms with E-state index in [-0.39, 0.29) is 19.3 Å². The number of fused-ring (bicyclic) bond motifs is 1. The van der Waals surface area contributed by atoms with Crippen LogP contribution >= 0.6 is 0 Å². The summed E-state index contributed by atoms with van der Waals surface area (Å²) in [7, 11) is 0. The highest BCUT2D eigenvalue weighted by molar-refractivity contribution is 5.19. The molecule has 1 saturated heterocycles. The zero-order valence-electron chi connectivity index (χ0n) is 5.28. The molecule has 2 rings (SSSR count). The molecule has 2 heterocycles. The van der Waals surface area contributed by atoms with Crippen molar-refractivity contribution in [3.63, 3.8) is 0 Å². The molecule has 0 bridgehead atoms. The van der Waals surface area contributed by atoms with E-state index in [4.69, 9.17) is 19.7 Å². The maximum Gasteiger partial charge on any atom is 0.264 e. The first-order chi connectivity index (χ1) is 4.80. The standard InChI is InChI=1S/C6H8O4/c7-2-4-1-5-6(3-8,9-4)10-5/h1,5,7-8H,2-3H2. The molecule has 0 saturated carbocycles. The number of hydrogen-bond acceptors (Lipinski definition) is 4. The lowest BCUT2D eigenvalue weighted by Crippen LogP contribution is -2.20. The van der Waals surface area contributed by atoms with E-state index in [1.54, 1.807) is 6.08 Å². The highest BCUT2D eigenvalue weighted by Crippen LogP contribution is 2.45. The summed E-state index contributed by atoms with van der Waals surface area (Å²) in [5.74, 6) is -0.330. The molecule has 1 fully saturated rings. The molecule has 0 aromatic heterocycles. The van der Waals surface area contributed by atoms with Crippen LogP contribution in [0.25, 0.3) is 0 Å². The van der Waals surface area contributed by atoms with Crippen LogP contribution in [0.4, 0.5) is 0 Å². The maximum atomic E-state index is 8.72. The number of rotatable bonds is 2. The Hall–Kier alpha value is -0.580. The lowest BCUT2D eigenvalue weighted by atomic mass is 10.3. The Morgan fingerprint density at radius 2 is 2.40 bits per heavy atom. The molecular weight excluding hydrogens is 136 g/mol. The molecule has 4 heteroatoms. The van der Waals surface area contributed by atoms with Crippen molar-refractivity contribution in [2.75, 3.05) is 13.2 Å². The fourth-order valence-corrected chi connectivity index (χ4v) is 1.09. The second-order valence-electron chi connectivity index (χ2n) is 2.40. The van der Waals surface area contributed by atoms with Crippen molar-refractivity contribution in [2.45, 2.75) is 11.9 Å². The van der Waals surface area contributed by atoms with Crippen LogP contribution in [-0.2, 0) is 9.47 Å². The zero-order chi connectivity index (χ0) is 7.19. The van der Waals surface area contributed by atoms with Crippen molar-refractivity contribution < 1.29 is 19.7 Å². The second-order valence-corrected chi connectivity index (χ2v) is 2.40. The number of aliphatic hydroxyl groups excluding tert-OH is 2.